The lowest BCUT2D eigenvalue weighted by atomic mass is 10.0. The van der Waals surface area contributed by atoms with Crippen molar-refractivity contribution in [1.29, 1.82) is 0 Å². The SMILES string of the molecule is CC(C)N(CCC(=O)Nc1sc2c(c1-c1nc3cc(C(=O)N4CCN(C)CC4)ccc3s1)CCN(C(=O)O)C2)C(=O)OC(C)(C)C. The molecule has 0 saturated carbocycles. The van der Waals surface area contributed by atoms with Crippen molar-refractivity contribution in [2.75, 3.05) is 51.6 Å². The Morgan fingerprint density at radius 3 is 2.43 bits per heavy atom. The first-order valence-electron chi connectivity index (χ1n) is 15.5. The zero-order valence-corrected chi connectivity index (χ0v) is 28.8. The van der Waals surface area contributed by atoms with E-state index in [0.717, 1.165) is 33.8 Å². The van der Waals surface area contributed by atoms with Gasteiger partial charge in [0.25, 0.3) is 5.91 Å². The van der Waals surface area contributed by atoms with Gasteiger partial charge in [0.1, 0.15) is 15.6 Å². The van der Waals surface area contributed by atoms with E-state index in [0.29, 0.717) is 47.1 Å². The molecule has 248 valence electrons. The average molecular weight is 671 g/mol. The van der Waals surface area contributed by atoms with Gasteiger partial charge in [0.2, 0.25) is 5.91 Å². The molecule has 0 aliphatic carbocycles. The highest BCUT2D eigenvalue weighted by atomic mass is 32.1. The maximum atomic E-state index is 13.3. The van der Waals surface area contributed by atoms with Crippen molar-refractivity contribution in [1.82, 2.24) is 24.6 Å². The van der Waals surface area contributed by atoms with E-state index < -0.39 is 17.8 Å². The van der Waals surface area contributed by atoms with Gasteiger partial charge in [0.05, 0.1) is 16.8 Å². The van der Waals surface area contributed by atoms with Crippen molar-refractivity contribution in [2.45, 2.75) is 65.6 Å². The monoisotopic (exact) mass is 670 g/mol. The van der Waals surface area contributed by atoms with E-state index >= 15 is 0 Å². The third-order valence-electron chi connectivity index (χ3n) is 8.05. The van der Waals surface area contributed by atoms with Crippen molar-refractivity contribution in [3.05, 3.63) is 34.2 Å². The largest absolute Gasteiger partial charge is 0.465 e. The maximum Gasteiger partial charge on any atom is 0.410 e. The number of piperazine rings is 1. The van der Waals surface area contributed by atoms with Crippen molar-refractivity contribution in [3.8, 4) is 10.6 Å². The molecular weight excluding hydrogens is 629 g/mol. The average Bonchev–Trinajstić information content (AvgIpc) is 3.55. The Labute approximate surface area is 276 Å². The van der Waals surface area contributed by atoms with Crippen LogP contribution in [-0.4, -0.2) is 112 Å². The first-order valence-corrected chi connectivity index (χ1v) is 17.1. The fraction of sp³-hybridized carbons (Fsp3) is 0.531. The van der Waals surface area contributed by atoms with E-state index in [1.165, 1.54) is 32.5 Å². The molecule has 14 heteroatoms. The summed E-state index contributed by atoms with van der Waals surface area (Å²) in [5, 5.41) is 14.0. The predicted octanol–water partition coefficient (Wildman–Crippen LogP) is 5.42. The molecule has 2 N–H and O–H groups in total. The van der Waals surface area contributed by atoms with Crippen LogP contribution < -0.4 is 5.32 Å². The van der Waals surface area contributed by atoms with Crippen molar-refractivity contribution in [2.24, 2.45) is 0 Å². The molecule has 0 atom stereocenters. The molecule has 4 heterocycles. The van der Waals surface area contributed by atoms with Crippen molar-refractivity contribution < 1.29 is 29.0 Å². The number of ether oxygens (including phenoxy) is 1. The van der Waals surface area contributed by atoms with Crippen LogP contribution >= 0.6 is 22.7 Å². The number of anilines is 1. The third-order valence-corrected chi connectivity index (χ3v) is 10.2. The molecule has 1 fully saturated rings. The number of rotatable bonds is 7. The Morgan fingerprint density at radius 1 is 1.07 bits per heavy atom. The number of carbonyl (C=O) groups excluding carboxylic acids is 3. The van der Waals surface area contributed by atoms with Gasteiger partial charge in [-0.05, 0) is 71.8 Å². The highest BCUT2D eigenvalue weighted by Crippen LogP contribution is 2.46. The molecule has 4 amide bonds. The van der Waals surface area contributed by atoms with E-state index in [2.05, 4.69) is 10.2 Å². The number of thiazole rings is 1. The highest BCUT2D eigenvalue weighted by molar-refractivity contribution is 7.23. The number of likely N-dealkylation sites (N-methyl/N-ethyl adjacent to an activating group) is 1. The lowest BCUT2D eigenvalue weighted by Gasteiger charge is -2.32. The zero-order chi connectivity index (χ0) is 33.3. The third kappa shape index (κ3) is 7.61. The van der Waals surface area contributed by atoms with Crippen LogP contribution in [0.3, 0.4) is 0 Å². The van der Waals surface area contributed by atoms with Crippen LogP contribution in [0.4, 0.5) is 14.6 Å². The molecule has 0 unspecified atom stereocenters. The molecule has 0 bridgehead atoms. The summed E-state index contributed by atoms with van der Waals surface area (Å²) in [6, 6.07) is 5.42. The first-order chi connectivity index (χ1) is 21.7. The minimum atomic E-state index is -0.986. The van der Waals surface area contributed by atoms with Gasteiger partial charge in [-0.3, -0.25) is 9.59 Å². The van der Waals surface area contributed by atoms with E-state index in [1.807, 2.05) is 44.0 Å². The number of aromatic nitrogens is 1. The molecule has 12 nitrogen and oxygen atoms in total. The van der Waals surface area contributed by atoms with Crippen LogP contribution in [0, 0.1) is 0 Å². The molecule has 2 aliphatic rings. The first kappa shape index (κ1) is 33.6. The summed E-state index contributed by atoms with van der Waals surface area (Å²) in [7, 11) is 2.05. The molecular formula is C32H42N6O6S2. The number of fused-ring (bicyclic) bond motifs is 2. The normalized spacial score (nSPS) is 15.6. The highest BCUT2D eigenvalue weighted by Gasteiger charge is 2.30. The Balaban J connectivity index is 1.41. The number of amides is 4. The molecule has 0 spiro atoms. The second kappa shape index (κ2) is 13.5. The van der Waals surface area contributed by atoms with Crippen LogP contribution in [0.5, 0.6) is 0 Å². The molecule has 0 radical (unpaired) electrons. The molecule has 2 aliphatic heterocycles. The Hall–Kier alpha value is -3.75. The molecule has 3 aromatic rings. The lowest BCUT2D eigenvalue weighted by Crippen LogP contribution is -2.47. The number of nitrogens with zero attached hydrogens (tertiary/aromatic N) is 5. The van der Waals surface area contributed by atoms with Gasteiger partial charge in [-0.25, -0.2) is 14.6 Å². The van der Waals surface area contributed by atoms with Gasteiger partial charge in [-0.2, -0.15) is 0 Å². The number of nitrogens with one attached hydrogen (secondary N) is 1. The number of carbonyl (C=O) groups is 4. The van der Waals surface area contributed by atoms with Gasteiger partial charge in [0.15, 0.2) is 0 Å². The predicted molar refractivity (Wildman–Crippen MR) is 180 cm³/mol. The number of hydrogen-bond donors (Lipinski definition) is 2. The minimum Gasteiger partial charge on any atom is -0.465 e. The second-order valence-corrected chi connectivity index (χ2v) is 15.2. The molecule has 1 saturated heterocycles. The fourth-order valence-electron chi connectivity index (χ4n) is 5.53. The molecule has 2 aromatic heterocycles. The maximum absolute atomic E-state index is 13.3. The number of benzene rings is 1. The zero-order valence-electron chi connectivity index (χ0n) is 27.2. The van der Waals surface area contributed by atoms with E-state index in [-0.39, 0.29) is 37.4 Å². The van der Waals surface area contributed by atoms with Crippen LogP contribution in [0.1, 0.15) is 61.8 Å². The summed E-state index contributed by atoms with van der Waals surface area (Å²) < 4.78 is 6.45. The van der Waals surface area contributed by atoms with E-state index in [9.17, 15) is 24.3 Å². The fourth-order valence-corrected chi connectivity index (χ4v) is 7.90. The lowest BCUT2D eigenvalue weighted by molar-refractivity contribution is -0.116. The standard InChI is InChI=1S/C32H42N6O6S2/c1-19(2)38(31(43)44-32(3,4)5)12-10-25(39)34-28-26(21-9-11-37(30(41)42)18-24(21)46-28)27-33-22-17-20(7-8-23(22)45-27)29(40)36-15-13-35(6)14-16-36/h7-8,17,19H,9-16,18H2,1-6H3,(H,34,39)(H,41,42). The molecule has 5 rings (SSSR count). The Morgan fingerprint density at radius 2 is 1.78 bits per heavy atom. The summed E-state index contributed by atoms with van der Waals surface area (Å²) in [5.41, 5.74) is 2.40. The van der Waals surface area contributed by atoms with Crippen LogP contribution in [-0.2, 0) is 22.5 Å². The molecule has 46 heavy (non-hydrogen) atoms. The van der Waals surface area contributed by atoms with Gasteiger partial charge >= 0.3 is 12.2 Å². The number of thiophene rings is 1. The summed E-state index contributed by atoms with van der Waals surface area (Å²) in [6.07, 6.45) is -0.916. The van der Waals surface area contributed by atoms with Gasteiger partial charge in [0, 0.05) is 67.7 Å². The van der Waals surface area contributed by atoms with Gasteiger partial charge in [-0.15, -0.1) is 22.7 Å². The Kier molecular flexibility index (Phi) is 9.89. The van der Waals surface area contributed by atoms with Crippen LogP contribution in [0.25, 0.3) is 20.8 Å². The van der Waals surface area contributed by atoms with Crippen LogP contribution in [0.2, 0.25) is 0 Å². The van der Waals surface area contributed by atoms with Gasteiger partial charge in [-0.1, -0.05) is 0 Å². The summed E-state index contributed by atoms with van der Waals surface area (Å²) >= 11 is 2.83. The smallest absolute Gasteiger partial charge is 0.410 e. The second-order valence-electron chi connectivity index (χ2n) is 13.0. The summed E-state index contributed by atoms with van der Waals surface area (Å²) in [5.74, 6) is -0.286. The van der Waals surface area contributed by atoms with E-state index in [1.54, 1.807) is 20.8 Å². The van der Waals surface area contributed by atoms with Crippen molar-refractivity contribution >= 4 is 61.9 Å². The van der Waals surface area contributed by atoms with Crippen molar-refractivity contribution in [3.63, 3.8) is 0 Å². The van der Waals surface area contributed by atoms with Gasteiger partial charge < -0.3 is 34.8 Å². The topological polar surface area (TPSA) is 136 Å². The Bertz CT molecular complexity index is 1640. The minimum absolute atomic E-state index is 0.0130. The number of carboxylic acid groups (broad SMARTS) is 1. The molecule has 1 aromatic carbocycles. The summed E-state index contributed by atoms with van der Waals surface area (Å²) in [6.45, 7) is 12.9. The quantitative estimate of drug-likeness (QED) is 0.340. The number of hydrogen-bond acceptors (Lipinski definition) is 9. The van der Waals surface area contributed by atoms with Crippen LogP contribution in [0.15, 0.2) is 18.2 Å². The summed E-state index contributed by atoms with van der Waals surface area (Å²) in [4.78, 5) is 63.9. The van der Waals surface area contributed by atoms with E-state index in [4.69, 9.17) is 9.72 Å².